The van der Waals surface area contributed by atoms with Crippen LogP contribution in [0.3, 0.4) is 0 Å². The van der Waals surface area contributed by atoms with Crippen LogP contribution in [0, 0.1) is 16.0 Å². The van der Waals surface area contributed by atoms with Crippen molar-refractivity contribution >= 4 is 11.5 Å². The highest BCUT2D eigenvalue weighted by Gasteiger charge is 2.18. The number of nitrogens with zero attached hydrogens (tertiary/aromatic N) is 1. The van der Waals surface area contributed by atoms with Crippen molar-refractivity contribution in [1.82, 2.24) is 0 Å². The van der Waals surface area contributed by atoms with Crippen LogP contribution in [0.5, 0.6) is 5.75 Å². The van der Waals surface area contributed by atoms with Crippen LogP contribution in [0.2, 0.25) is 0 Å². The predicted molar refractivity (Wildman–Crippen MR) is 72.7 cm³/mol. The molecule has 1 aromatic rings. The number of ether oxygens (including phenoxy) is 1. The van der Waals surface area contributed by atoms with Gasteiger partial charge < -0.3 is 4.74 Å². The van der Waals surface area contributed by atoms with Gasteiger partial charge in [0.15, 0.2) is 5.78 Å². The lowest BCUT2D eigenvalue weighted by molar-refractivity contribution is -0.385. The van der Waals surface area contributed by atoms with E-state index in [1.807, 2.05) is 0 Å². The molecule has 0 unspecified atom stereocenters. The molecule has 5 heteroatoms. The first-order valence-electron chi connectivity index (χ1n) is 6.41. The molecule has 0 aliphatic carbocycles. The van der Waals surface area contributed by atoms with Gasteiger partial charge in [0.2, 0.25) is 0 Å². The van der Waals surface area contributed by atoms with E-state index in [2.05, 4.69) is 13.8 Å². The Balaban J connectivity index is 2.90. The molecule has 0 heterocycles. The minimum absolute atomic E-state index is 0.0899. The van der Waals surface area contributed by atoms with Crippen molar-refractivity contribution in [3.05, 3.63) is 33.9 Å². The summed E-state index contributed by atoms with van der Waals surface area (Å²) in [7, 11) is 0. The van der Waals surface area contributed by atoms with Gasteiger partial charge in [-0.2, -0.15) is 0 Å². The van der Waals surface area contributed by atoms with Gasteiger partial charge in [-0.1, -0.05) is 26.7 Å². The van der Waals surface area contributed by atoms with E-state index in [-0.39, 0.29) is 17.0 Å². The molecule has 0 atom stereocenters. The molecule has 19 heavy (non-hydrogen) atoms. The Morgan fingerprint density at radius 3 is 2.47 bits per heavy atom. The number of nitro groups is 1. The van der Waals surface area contributed by atoms with Crippen molar-refractivity contribution in [3.8, 4) is 5.75 Å². The molecule has 1 rings (SSSR count). The number of hydrogen-bond acceptors (Lipinski definition) is 4. The first kappa shape index (κ1) is 15.1. The number of hydrogen-bond donors (Lipinski definition) is 0. The maximum atomic E-state index is 11.4. The number of ketones is 1. The first-order chi connectivity index (χ1) is 8.99. The minimum atomic E-state index is -0.554. The fourth-order valence-electron chi connectivity index (χ4n) is 1.78. The van der Waals surface area contributed by atoms with Crippen molar-refractivity contribution in [2.75, 3.05) is 6.61 Å². The normalized spacial score (nSPS) is 10.5. The van der Waals surface area contributed by atoms with Crippen molar-refractivity contribution in [3.63, 3.8) is 0 Å². The number of carbonyl (C=O) groups excluding carboxylic acids is 1. The van der Waals surface area contributed by atoms with E-state index in [1.165, 1.54) is 25.1 Å². The number of nitro benzene ring substituents is 1. The van der Waals surface area contributed by atoms with Crippen molar-refractivity contribution in [1.29, 1.82) is 0 Å². The number of carbonyl (C=O) groups is 1. The summed E-state index contributed by atoms with van der Waals surface area (Å²) < 4.78 is 5.60. The van der Waals surface area contributed by atoms with E-state index in [9.17, 15) is 14.9 Å². The summed E-state index contributed by atoms with van der Waals surface area (Å²) in [5, 5.41) is 10.8. The number of rotatable bonds is 7. The third kappa shape index (κ3) is 4.05. The molecular weight excluding hydrogens is 246 g/mol. The molecule has 1 aromatic carbocycles. The average Bonchev–Trinajstić information content (AvgIpc) is 2.39. The van der Waals surface area contributed by atoms with Gasteiger partial charge in [0, 0.05) is 6.07 Å². The Hall–Kier alpha value is -1.91. The molecule has 0 saturated heterocycles. The summed E-state index contributed by atoms with van der Waals surface area (Å²) in [6, 6.07) is 4.30. The Kier molecular flexibility index (Phi) is 5.48. The standard InChI is InChI=1S/C14H19NO4/c1-4-11(5-2)9-19-12-6-7-14(15(17)18)13(8-12)10(3)16/h6-8,11H,4-5,9H2,1-3H3. The summed E-state index contributed by atoms with van der Waals surface area (Å²) >= 11 is 0. The maximum absolute atomic E-state index is 11.4. The van der Waals surface area contributed by atoms with Gasteiger partial charge >= 0.3 is 0 Å². The summed E-state index contributed by atoms with van der Waals surface area (Å²) in [6.45, 7) is 6.05. The molecule has 0 bridgehead atoms. The molecule has 0 aliphatic rings. The van der Waals surface area contributed by atoms with Crippen molar-refractivity contribution in [2.45, 2.75) is 33.6 Å². The van der Waals surface area contributed by atoms with E-state index in [0.717, 1.165) is 12.8 Å². The van der Waals surface area contributed by atoms with Gasteiger partial charge in [-0.05, 0) is 25.0 Å². The van der Waals surface area contributed by atoms with Gasteiger partial charge in [0.1, 0.15) is 5.75 Å². The van der Waals surface area contributed by atoms with E-state index in [0.29, 0.717) is 18.3 Å². The average molecular weight is 265 g/mol. The van der Waals surface area contributed by atoms with E-state index < -0.39 is 4.92 Å². The molecule has 0 aliphatic heterocycles. The lowest BCUT2D eigenvalue weighted by Gasteiger charge is -2.14. The van der Waals surface area contributed by atoms with E-state index in [1.54, 1.807) is 0 Å². The smallest absolute Gasteiger partial charge is 0.280 e. The number of benzene rings is 1. The monoisotopic (exact) mass is 265 g/mol. The summed E-state index contributed by atoms with van der Waals surface area (Å²) in [5.41, 5.74) is -0.0885. The summed E-state index contributed by atoms with van der Waals surface area (Å²) in [4.78, 5) is 21.7. The van der Waals surface area contributed by atoms with Crippen LogP contribution in [-0.4, -0.2) is 17.3 Å². The zero-order chi connectivity index (χ0) is 14.4. The molecule has 104 valence electrons. The Labute approximate surface area is 112 Å². The molecule has 0 N–H and O–H groups in total. The van der Waals surface area contributed by atoms with Crippen molar-refractivity contribution in [2.24, 2.45) is 5.92 Å². The largest absolute Gasteiger partial charge is 0.493 e. The SMILES string of the molecule is CCC(CC)COc1ccc([N+](=O)[O-])c(C(C)=O)c1. The van der Waals surface area contributed by atoms with Crippen LogP contribution in [0.25, 0.3) is 0 Å². The second-order valence-electron chi connectivity index (χ2n) is 4.49. The van der Waals surface area contributed by atoms with Gasteiger partial charge in [-0.15, -0.1) is 0 Å². The predicted octanol–water partition coefficient (Wildman–Crippen LogP) is 3.61. The molecule has 0 radical (unpaired) electrons. The molecule has 5 nitrogen and oxygen atoms in total. The quantitative estimate of drug-likeness (QED) is 0.429. The first-order valence-corrected chi connectivity index (χ1v) is 6.41. The molecular formula is C14H19NO4. The van der Waals surface area contributed by atoms with Crippen LogP contribution >= 0.6 is 0 Å². The zero-order valence-electron chi connectivity index (χ0n) is 11.5. The second-order valence-corrected chi connectivity index (χ2v) is 4.49. The lowest BCUT2D eigenvalue weighted by atomic mass is 10.1. The van der Waals surface area contributed by atoms with Gasteiger partial charge in [0.05, 0.1) is 17.1 Å². The zero-order valence-corrected chi connectivity index (χ0v) is 11.5. The van der Waals surface area contributed by atoms with Crippen LogP contribution in [-0.2, 0) is 0 Å². The van der Waals surface area contributed by atoms with Crippen LogP contribution in [0.1, 0.15) is 44.0 Å². The van der Waals surface area contributed by atoms with E-state index in [4.69, 9.17) is 4.74 Å². The van der Waals surface area contributed by atoms with Gasteiger partial charge in [-0.3, -0.25) is 14.9 Å². The Morgan fingerprint density at radius 2 is 2.00 bits per heavy atom. The lowest BCUT2D eigenvalue weighted by Crippen LogP contribution is -2.10. The third-order valence-electron chi connectivity index (χ3n) is 3.18. The van der Waals surface area contributed by atoms with Crippen LogP contribution < -0.4 is 4.74 Å². The highest BCUT2D eigenvalue weighted by Crippen LogP contribution is 2.25. The van der Waals surface area contributed by atoms with Crippen LogP contribution in [0.15, 0.2) is 18.2 Å². The van der Waals surface area contributed by atoms with Gasteiger partial charge in [-0.25, -0.2) is 0 Å². The summed E-state index contributed by atoms with van der Waals surface area (Å²) in [5.74, 6) is 0.623. The molecule has 0 amide bonds. The van der Waals surface area contributed by atoms with Crippen LogP contribution in [0.4, 0.5) is 5.69 Å². The minimum Gasteiger partial charge on any atom is -0.493 e. The fourth-order valence-corrected chi connectivity index (χ4v) is 1.78. The van der Waals surface area contributed by atoms with Gasteiger partial charge in [0.25, 0.3) is 5.69 Å². The topological polar surface area (TPSA) is 69.4 Å². The maximum Gasteiger partial charge on any atom is 0.280 e. The molecule has 0 aromatic heterocycles. The molecule has 0 fully saturated rings. The summed E-state index contributed by atoms with van der Waals surface area (Å²) in [6.07, 6.45) is 2.03. The Bertz CT molecular complexity index is 467. The van der Waals surface area contributed by atoms with Crippen molar-refractivity contribution < 1.29 is 14.5 Å². The highest BCUT2D eigenvalue weighted by atomic mass is 16.6. The van der Waals surface area contributed by atoms with E-state index >= 15 is 0 Å². The highest BCUT2D eigenvalue weighted by molar-refractivity contribution is 5.98. The Morgan fingerprint density at radius 1 is 1.37 bits per heavy atom. The molecule has 0 saturated carbocycles. The third-order valence-corrected chi connectivity index (χ3v) is 3.18. The molecule has 0 spiro atoms. The number of Topliss-reactive ketones (excluding diaryl/α,β-unsaturated/α-hetero) is 1. The fraction of sp³-hybridized carbons (Fsp3) is 0.500. The second kappa shape index (κ2) is 6.87.